The molecule has 1 amide bonds. The van der Waals surface area contributed by atoms with E-state index < -0.39 is 0 Å². The summed E-state index contributed by atoms with van der Waals surface area (Å²) in [5.74, 6) is 1.17. The molecule has 0 unspecified atom stereocenters. The van der Waals surface area contributed by atoms with Crippen LogP contribution in [0.3, 0.4) is 0 Å². The number of pyridine rings is 1. The van der Waals surface area contributed by atoms with E-state index in [1.165, 1.54) is 24.8 Å². The van der Waals surface area contributed by atoms with Crippen LogP contribution in [0.25, 0.3) is 0 Å². The number of hydrogen-bond acceptors (Lipinski definition) is 6. The van der Waals surface area contributed by atoms with Gasteiger partial charge in [-0.2, -0.15) is 0 Å². The summed E-state index contributed by atoms with van der Waals surface area (Å²) in [7, 11) is 0. The number of nitrogens with one attached hydrogen (secondary N) is 1. The third-order valence-corrected chi connectivity index (χ3v) is 6.60. The molecule has 29 heavy (non-hydrogen) atoms. The fourth-order valence-corrected chi connectivity index (χ4v) is 4.54. The van der Waals surface area contributed by atoms with E-state index in [0.29, 0.717) is 13.2 Å². The van der Waals surface area contributed by atoms with Gasteiger partial charge in [0.1, 0.15) is 5.82 Å². The number of carbonyl (C=O) groups is 1. The highest BCUT2D eigenvalue weighted by molar-refractivity contribution is 6.07. The third-order valence-electron chi connectivity index (χ3n) is 6.45. The van der Waals surface area contributed by atoms with Crippen LogP contribution in [0.4, 0.5) is 5.82 Å². The van der Waals surface area contributed by atoms with Crippen LogP contribution < -0.4 is 5.32 Å². The first-order chi connectivity index (χ1) is 14.2. The summed E-state index contributed by atoms with van der Waals surface area (Å²) in [5, 5.41) is 3.31. The third kappa shape index (κ3) is 5.40. The van der Waals surface area contributed by atoms with Gasteiger partial charge in [0.2, 0.25) is 5.91 Å². The van der Waals surface area contributed by atoms with Crippen LogP contribution in [-0.4, -0.2) is 84.1 Å². The lowest BCUT2D eigenvalue weighted by Crippen LogP contribution is -2.55. The minimum Gasteiger partial charge on any atom is -0.370 e. The van der Waals surface area contributed by atoms with E-state index in [0.717, 1.165) is 76.2 Å². The zero-order chi connectivity index (χ0) is 20.1. The van der Waals surface area contributed by atoms with Crippen molar-refractivity contribution in [3.05, 3.63) is 23.4 Å². The zero-order valence-corrected chi connectivity index (χ0v) is 17.9. The highest BCUT2D eigenvalue weighted by atomic mass is 35.5. The van der Waals surface area contributed by atoms with Crippen LogP contribution >= 0.6 is 11.9 Å². The van der Waals surface area contributed by atoms with E-state index in [1.54, 1.807) is 0 Å². The van der Waals surface area contributed by atoms with Crippen LogP contribution in [0.1, 0.15) is 36.9 Å². The number of amides is 1. The topological polar surface area (TPSA) is 60.9 Å². The fraction of sp³-hybridized carbons (Fsp3) is 0.714. The molecule has 1 N–H and O–H groups in total. The van der Waals surface area contributed by atoms with Crippen molar-refractivity contribution in [1.29, 1.82) is 0 Å². The highest BCUT2D eigenvalue weighted by Gasteiger charge is 2.30. The molecule has 0 spiro atoms. The number of carbonyl (C=O) groups excluding carboxylic acids is 1. The first-order valence-electron chi connectivity index (χ1n) is 10.9. The number of anilines is 1. The molecule has 1 saturated carbocycles. The van der Waals surface area contributed by atoms with Crippen LogP contribution in [0.5, 0.6) is 0 Å². The molecule has 0 atom stereocenters. The van der Waals surface area contributed by atoms with Crippen LogP contribution in [0.15, 0.2) is 12.1 Å². The molecule has 8 heteroatoms. The molecule has 7 nitrogen and oxygen atoms in total. The van der Waals surface area contributed by atoms with Crippen molar-refractivity contribution >= 4 is 23.6 Å². The van der Waals surface area contributed by atoms with E-state index in [2.05, 4.69) is 30.4 Å². The molecule has 1 aliphatic carbocycles. The standard InChI is InChI=1S/C21H32ClN5O2/c22-29-14-2-8-23-20-6-5-17-15-25(9-7-19(17)24-20)16-21(28)27-12-10-26(11-13-27)18-3-1-4-18/h5-6,18H,1-4,7-16H2,(H,23,24). The molecular formula is C21H32ClN5O2. The molecule has 1 aromatic rings. The Labute approximate surface area is 178 Å². The SMILES string of the molecule is O=C(CN1CCc2nc(NCCCOCl)ccc2C1)N1CCN(C2CCC2)CC1. The first kappa shape index (κ1) is 20.8. The summed E-state index contributed by atoms with van der Waals surface area (Å²) in [6.45, 7) is 7.35. The van der Waals surface area contributed by atoms with Gasteiger partial charge >= 0.3 is 0 Å². The number of rotatable bonds is 8. The number of hydrogen-bond donors (Lipinski definition) is 1. The number of fused-ring (bicyclic) bond motifs is 1. The highest BCUT2D eigenvalue weighted by Crippen LogP contribution is 2.25. The molecule has 160 valence electrons. The van der Waals surface area contributed by atoms with Gasteiger partial charge in [-0.05, 0) is 30.9 Å². The zero-order valence-electron chi connectivity index (χ0n) is 17.1. The number of aromatic nitrogens is 1. The molecule has 1 saturated heterocycles. The lowest BCUT2D eigenvalue weighted by atomic mass is 9.91. The van der Waals surface area contributed by atoms with Crippen LogP contribution in [0.2, 0.25) is 0 Å². The second kappa shape index (κ2) is 10.1. The summed E-state index contributed by atoms with van der Waals surface area (Å²) in [6, 6.07) is 4.94. The molecule has 0 aromatic carbocycles. The fourth-order valence-electron chi connectivity index (χ4n) is 4.43. The summed E-state index contributed by atoms with van der Waals surface area (Å²) in [6.07, 6.45) is 5.78. The van der Waals surface area contributed by atoms with Crippen molar-refractivity contribution in [3.8, 4) is 0 Å². The summed E-state index contributed by atoms with van der Waals surface area (Å²) in [4.78, 5) is 24.4. The summed E-state index contributed by atoms with van der Waals surface area (Å²) >= 11 is 5.23. The molecule has 3 heterocycles. The minimum absolute atomic E-state index is 0.273. The first-order valence-corrected chi connectivity index (χ1v) is 11.2. The van der Waals surface area contributed by atoms with E-state index in [-0.39, 0.29) is 5.91 Å². The number of piperazine rings is 1. The lowest BCUT2D eigenvalue weighted by molar-refractivity contribution is -0.135. The molecule has 1 aromatic heterocycles. The largest absolute Gasteiger partial charge is 0.370 e. The van der Waals surface area contributed by atoms with Gasteiger partial charge < -0.3 is 10.2 Å². The van der Waals surface area contributed by atoms with E-state index >= 15 is 0 Å². The Morgan fingerprint density at radius 2 is 2.03 bits per heavy atom. The maximum atomic E-state index is 12.8. The predicted octanol–water partition coefficient (Wildman–Crippen LogP) is 2.11. The van der Waals surface area contributed by atoms with E-state index in [1.807, 2.05) is 6.07 Å². The second-order valence-electron chi connectivity index (χ2n) is 8.36. The smallest absolute Gasteiger partial charge is 0.236 e. The normalized spacial score (nSPS) is 20.9. The van der Waals surface area contributed by atoms with Crippen molar-refractivity contribution < 1.29 is 9.08 Å². The van der Waals surface area contributed by atoms with Crippen LogP contribution in [-0.2, 0) is 22.0 Å². The summed E-state index contributed by atoms with van der Waals surface area (Å²) < 4.78 is 4.55. The maximum absolute atomic E-state index is 12.8. The van der Waals surface area contributed by atoms with Gasteiger partial charge in [0, 0.05) is 64.0 Å². The van der Waals surface area contributed by atoms with Gasteiger partial charge in [0.15, 0.2) is 0 Å². The molecule has 0 radical (unpaired) electrons. The molecule has 4 rings (SSSR count). The van der Waals surface area contributed by atoms with Gasteiger partial charge in [0.25, 0.3) is 0 Å². The Hall–Kier alpha value is -1.41. The Kier molecular flexibility index (Phi) is 7.24. The van der Waals surface area contributed by atoms with Crippen molar-refractivity contribution in [2.45, 2.75) is 44.7 Å². The second-order valence-corrected chi connectivity index (χ2v) is 8.58. The molecular weight excluding hydrogens is 390 g/mol. The quantitative estimate of drug-likeness (QED) is 0.649. The Morgan fingerprint density at radius 3 is 2.76 bits per heavy atom. The number of halogens is 1. The predicted molar refractivity (Wildman–Crippen MR) is 114 cm³/mol. The Bertz CT molecular complexity index is 692. The van der Waals surface area contributed by atoms with Gasteiger partial charge in [-0.25, -0.2) is 4.98 Å². The molecule has 3 aliphatic rings. The number of nitrogens with zero attached hydrogens (tertiary/aromatic N) is 4. The van der Waals surface area contributed by atoms with Gasteiger partial charge in [-0.15, -0.1) is 0 Å². The molecule has 0 bridgehead atoms. The summed E-state index contributed by atoms with van der Waals surface area (Å²) in [5.41, 5.74) is 2.37. The van der Waals surface area contributed by atoms with Gasteiger partial charge in [-0.1, -0.05) is 12.5 Å². The van der Waals surface area contributed by atoms with Crippen molar-refractivity contribution in [2.24, 2.45) is 0 Å². The lowest BCUT2D eigenvalue weighted by Gasteiger charge is -2.43. The van der Waals surface area contributed by atoms with Gasteiger partial charge in [0.05, 0.1) is 25.0 Å². The Balaban J connectivity index is 1.23. The van der Waals surface area contributed by atoms with Crippen molar-refractivity contribution in [2.75, 3.05) is 57.7 Å². The van der Waals surface area contributed by atoms with E-state index in [9.17, 15) is 4.79 Å². The monoisotopic (exact) mass is 421 g/mol. The molecule has 2 fully saturated rings. The average molecular weight is 422 g/mol. The van der Waals surface area contributed by atoms with Crippen LogP contribution in [0, 0.1) is 0 Å². The minimum atomic E-state index is 0.273. The van der Waals surface area contributed by atoms with Crippen molar-refractivity contribution in [1.82, 2.24) is 19.7 Å². The maximum Gasteiger partial charge on any atom is 0.236 e. The van der Waals surface area contributed by atoms with E-state index in [4.69, 9.17) is 16.9 Å². The van der Waals surface area contributed by atoms with Crippen molar-refractivity contribution in [3.63, 3.8) is 0 Å². The van der Waals surface area contributed by atoms with Gasteiger partial charge in [-0.3, -0.25) is 18.9 Å². The average Bonchev–Trinajstić information content (AvgIpc) is 2.70. The Morgan fingerprint density at radius 1 is 1.21 bits per heavy atom. The molecule has 2 aliphatic heterocycles.